The van der Waals surface area contributed by atoms with Crippen LogP contribution in [-0.2, 0) is 11.3 Å². The Morgan fingerprint density at radius 3 is 2.43 bits per heavy atom. The Morgan fingerprint density at radius 2 is 1.79 bits per heavy atom. The van der Waals surface area contributed by atoms with Gasteiger partial charge in [0.1, 0.15) is 0 Å². The van der Waals surface area contributed by atoms with E-state index in [-0.39, 0.29) is 11.8 Å². The molecule has 1 aliphatic carbocycles. The summed E-state index contributed by atoms with van der Waals surface area (Å²) in [6, 6.07) is 15.0. The highest BCUT2D eigenvalue weighted by molar-refractivity contribution is 6.04. The van der Waals surface area contributed by atoms with E-state index in [1.54, 1.807) is 12.1 Å². The summed E-state index contributed by atoms with van der Waals surface area (Å²) in [5, 5.41) is 17.5. The van der Waals surface area contributed by atoms with E-state index in [1.165, 1.54) is 6.92 Å². The number of hydrogen-bond donors (Lipinski definition) is 2. The maximum atomic E-state index is 12.4. The van der Waals surface area contributed by atoms with Crippen molar-refractivity contribution in [2.45, 2.75) is 32.4 Å². The molecule has 4 rings (SSSR count). The minimum absolute atomic E-state index is 0.0866. The van der Waals surface area contributed by atoms with E-state index in [1.807, 2.05) is 41.1 Å². The number of nitrogens with zero attached hydrogens (tertiary/aromatic N) is 4. The van der Waals surface area contributed by atoms with Crippen LogP contribution in [0.3, 0.4) is 0 Å². The van der Waals surface area contributed by atoms with Gasteiger partial charge < -0.3 is 10.6 Å². The maximum absolute atomic E-state index is 12.4. The van der Waals surface area contributed by atoms with E-state index in [0.29, 0.717) is 23.8 Å². The Morgan fingerprint density at radius 1 is 1.07 bits per heavy atom. The Labute approximate surface area is 162 Å². The lowest BCUT2D eigenvalue weighted by Crippen LogP contribution is -2.19. The normalized spacial score (nSPS) is 13.2. The molecule has 8 heteroatoms. The summed E-state index contributed by atoms with van der Waals surface area (Å²) in [4.78, 5) is 23.4. The molecule has 0 atom stereocenters. The number of hydrogen-bond acceptors (Lipinski definition) is 5. The van der Waals surface area contributed by atoms with Gasteiger partial charge in [-0.1, -0.05) is 12.1 Å². The number of aromatic nitrogens is 4. The number of amides is 2. The van der Waals surface area contributed by atoms with Crippen LogP contribution >= 0.6 is 0 Å². The summed E-state index contributed by atoms with van der Waals surface area (Å²) < 4.78 is 1.86. The van der Waals surface area contributed by atoms with Gasteiger partial charge in [-0.15, -0.1) is 5.10 Å². The van der Waals surface area contributed by atoms with Crippen LogP contribution in [0.5, 0.6) is 0 Å². The largest absolute Gasteiger partial charge is 0.352 e. The molecule has 0 unspecified atom stereocenters. The van der Waals surface area contributed by atoms with Crippen molar-refractivity contribution < 1.29 is 9.59 Å². The highest BCUT2D eigenvalue weighted by Crippen LogP contribution is 2.36. The molecule has 1 fully saturated rings. The van der Waals surface area contributed by atoms with Gasteiger partial charge in [0.05, 0.1) is 6.04 Å². The summed E-state index contributed by atoms with van der Waals surface area (Å²) in [6.07, 6.45) is 2.21. The average molecular weight is 376 g/mol. The first kappa shape index (κ1) is 17.8. The Balaban J connectivity index is 1.40. The van der Waals surface area contributed by atoms with Gasteiger partial charge in [-0.25, -0.2) is 4.68 Å². The molecule has 1 aromatic heterocycles. The first-order chi connectivity index (χ1) is 13.6. The third-order valence-electron chi connectivity index (χ3n) is 4.54. The van der Waals surface area contributed by atoms with Gasteiger partial charge in [-0.05, 0) is 65.2 Å². The number of benzene rings is 2. The van der Waals surface area contributed by atoms with Crippen LogP contribution in [0.25, 0.3) is 11.4 Å². The molecule has 1 aliphatic rings. The molecule has 0 bridgehead atoms. The van der Waals surface area contributed by atoms with Gasteiger partial charge in [0, 0.05) is 30.3 Å². The molecular weight excluding hydrogens is 356 g/mol. The molecule has 2 amide bonds. The van der Waals surface area contributed by atoms with Crippen molar-refractivity contribution in [2.24, 2.45) is 0 Å². The van der Waals surface area contributed by atoms with Gasteiger partial charge in [0.2, 0.25) is 5.91 Å². The van der Waals surface area contributed by atoms with Gasteiger partial charge in [0.15, 0.2) is 5.82 Å². The standard InChI is InChI=1S/C20H20N6O2/c1-13(27)21-12-14-2-4-16(5-3-14)20(28)22-17-8-6-15(7-9-17)19-23-24-25-26(19)18-10-11-18/h2-9,18H,10-12H2,1H3,(H,21,27)(H,22,28). The second kappa shape index (κ2) is 7.59. The lowest BCUT2D eigenvalue weighted by atomic mass is 10.1. The minimum Gasteiger partial charge on any atom is -0.352 e. The molecule has 3 aromatic rings. The minimum atomic E-state index is -0.193. The van der Waals surface area contributed by atoms with Crippen molar-refractivity contribution in [3.63, 3.8) is 0 Å². The number of tetrazole rings is 1. The zero-order valence-corrected chi connectivity index (χ0v) is 15.4. The fourth-order valence-electron chi connectivity index (χ4n) is 2.86. The van der Waals surface area contributed by atoms with Crippen LogP contribution in [0.4, 0.5) is 5.69 Å². The molecule has 0 spiro atoms. The molecule has 142 valence electrons. The van der Waals surface area contributed by atoms with E-state index < -0.39 is 0 Å². The van der Waals surface area contributed by atoms with Crippen LogP contribution in [0.15, 0.2) is 48.5 Å². The fourth-order valence-corrected chi connectivity index (χ4v) is 2.86. The van der Waals surface area contributed by atoms with E-state index in [0.717, 1.165) is 29.8 Å². The molecule has 28 heavy (non-hydrogen) atoms. The summed E-state index contributed by atoms with van der Waals surface area (Å²) in [6.45, 7) is 1.92. The van der Waals surface area contributed by atoms with Crippen molar-refractivity contribution in [1.29, 1.82) is 0 Å². The highest BCUT2D eigenvalue weighted by atomic mass is 16.2. The molecule has 8 nitrogen and oxygen atoms in total. The summed E-state index contributed by atoms with van der Waals surface area (Å²) in [7, 11) is 0. The van der Waals surface area contributed by atoms with Crippen LogP contribution in [-0.4, -0.2) is 32.0 Å². The summed E-state index contributed by atoms with van der Waals surface area (Å²) >= 11 is 0. The molecule has 0 radical (unpaired) electrons. The van der Waals surface area contributed by atoms with Gasteiger partial charge in [-0.3, -0.25) is 9.59 Å². The van der Waals surface area contributed by atoms with E-state index in [2.05, 4.69) is 26.2 Å². The average Bonchev–Trinajstić information content (AvgIpc) is 3.44. The van der Waals surface area contributed by atoms with Crippen molar-refractivity contribution in [2.75, 3.05) is 5.32 Å². The SMILES string of the molecule is CC(=O)NCc1ccc(C(=O)Nc2ccc(-c3nnnn3C3CC3)cc2)cc1. The first-order valence-corrected chi connectivity index (χ1v) is 9.13. The smallest absolute Gasteiger partial charge is 0.255 e. The fraction of sp³-hybridized carbons (Fsp3) is 0.250. The van der Waals surface area contributed by atoms with Crippen molar-refractivity contribution in [3.8, 4) is 11.4 Å². The molecule has 2 N–H and O–H groups in total. The van der Waals surface area contributed by atoms with Crippen LogP contribution in [0, 0.1) is 0 Å². The number of rotatable bonds is 6. The van der Waals surface area contributed by atoms with E-state index in [9.17, 15) is 9.59 Å². The van der Waals surface area contributed by atoms with E-state index in [4.69, 9.17) is 0 Å². The molecule has 0 aliphatic heterocycles. The third-order valence-corrected chi connectivity index (χ3v) is 4.54. The maximum Gasteiger partial charge on any atom is 0.255 e. The Hall–Kier alpha value is -3.55. The third kappa shape index (κ3) is 4.06. The monoisotopic (exact) mass is 376 g/mol. The second-order valence-corrected chi connectivity index (χ2v) is 6.82. The highest BCUT2D eigenvalue weighted by Gasteiger charge is 2.28. The first-order valence-electron chi connectivity index (χ1n) is 9.13. The topological polar surface area (TPSA) is 102 Å². The molecule has 0 saturated heterocycles. The van der Waals surface area contributed by atoms with Crippen LogP contribution in [0.1, 0.15) is 41.7 Å². The second-order valence-electron chi connectivity index (χ2n) is 6.82. The quantitative estimate of drug-likeness (QED) is 0.688. The van der Waals surface area contributed by atoms with Gasteiger partial charge in [-0.2, -0.15) is 0 Å². The number of carbonyl (C=O) groups excluding carboxylic acids is 2. The zero-order valence-electron chi connectivity index (χ0n) is 15.4. The molecule has 2 aromatic carbocycles. The van der Waals surface area contributed by atoms with Gasteiger partial charge in [0.25, 0.3) is 5.91 Å². The molecule has 1 saturated carbocycles. The number of anilines is 1. The Bertz CT molecular complexity index is 990. The van der Waals surface area contributed by atoms with Crippen LogP contribution in [0.2, 0.25) is 0 Å². The van der Waals surface area contributed by atoms with Crippen molar-refractivity contribution in [1.82, 2.24) is 25.5 Å². The van der Waals surface area contributed by atoms with E-state index >= 15 is 0 Å². The van der Waals surface area contributed by atoms with Gasteiger partial charge >= 0.3 is 0 Å². The lowest BCUT2D eigenvalue weighted by Gasteiger charge is -2.08. The van der Waals surface area contributed by atoms with Crippen molar-refractivity contribution >= 4 is 17.5 Å². The molecule has 1 heterocycles. The zero-order chi connectivity index (χ0) is 19.5. The summed E-state index contributed by atoms with van der Waals surface area (Å²) in [5.74, 6) is 0.466. The Kier molecular flexibility index (Phi) is 4.84. The van der Waals surface area contributed by atoms with Crippen molar-refractivity contribution in [3.05, 3.63) is 59.7 Å². The number of carbonyl (C=O) groups is 2. The predicted molar refractivity (Wildman–Crippen MR) is 103 cm³/mol. The summed E-state index contributed by atoms with van der Waals surface area (Å²) in [5.41, 5.74) is 3.09. The predicted octanol–water partition coefficient (Wildman–Crippen LogP) is 2.56. The lowest BCUT2D eigenvalue weighted by molar-refractivity contribution is -0.119. The van der Waals surface area contributed by atoms with Crippen LogP contribution < -0.4 is 10.6 Å². The number of nitrogens with one attached hydrogen (secondary N) is 2. The molecular formula is C20H20N6O2.